The minimum absolute atomic E-state index is 0.186. The van der Waals surface area contributed by atoms with Gasteiger partial charge in [-0.2, -0.15) is 9.57 Å². The van der Waals surface area contributed by atoms with Crippen molar-refractivity contribution in [3.63, 3.8) is 0 Å². The van der Waals surface area contributed by atoms with Gasteiger partial charge in [-0.25, -0.2) is 13.4 Å². The standard InChI is InChI=1S/C25H23N5O2S2/c26-14-24-23(13-19-7-2-1-3-8-19)30(34(31,32)25-11-6-12-33-25)16-20-9-4-5-10-22(20)29(24)17-21-15-27-18-28-21/h1-12,15,18,23-24H,13,16-17H2,(H,27,28). The number of nitrogens with one attached hydrogen (secondary N) is 1. The molecule has 0 radical (unpaired) electrons. The lowest BCUT2D eigenvalue weighted by Crippen LogP contribution is -2.52. The van der Waals surface area contributed by atoms with Crippen LogP contribution in [-0.4, -0.2) is 34.8 Å². The average Bonchev–Trinajstić information content (AvgIpc) is 3.56. The van der Waals surface area contributed by atoms with Gasteiger partial charge in [-0.3, -0.25) is 0 Å². The van der Waals surface area contributed by atoms with E-state index in [-0.39, 0.29) is 10.8 Å². The summed E-state index contributed by atoms with van der Waals surface area (Å²) in [6, 6.07) is 22.0. The lowest BCUT2D eigenvalue weighted by Gasteiger charge is -2.36. The van der Waals surface area contributed by atoms with E-state index in [1.807, 2.05) is 59.5 Å². The van der Waals surface area contributed by atoms with Crippen LogP contribution in [0.3, 0.4) is 0 Å². The van der Waals surface area contributed by atoms with Crippen molar-refractivity contribution in [1.82, 2.24) is 14.3 Å². The second-order valence-electron chi connectivity index (χ2n) is 8.15. The van der Waals surface area contributed by atoms with Crippen molar-refractivity contribution in [3.05, 3.63) is 101 Å². The fraction of sp³-hybridized carbons (Fsp3) is 0.200. The lowest BCUT2D eigenvalue weighted by atomic mass is 9.99. The zero-order chi connectivity index (χ0) is 23.5. The minimum Gasteiger partial charge on any atom is -0.348 e. The summed E-state index contributed by atoms with van der Waals surface area (Å²) in [5, 5.41) is 12.2. The van der Waals surface area contributed by atoms with Crippen LogP contribution in [0.4, 0.5) is 5.69 Å². The topological polar surface area (TPSA) is 93.1 Å². The van der Waals surface area contributed by atoms with E-state index in [1.165, 1.54) is 15.6 Å². The van der Waals surface area contributed by atoms with Crippen molar-refractivity contribution in [2.75, 3.05) is 4.90 Å². The highest BCUT2D eigenvalue weighted by Gasteiger charge is 2.43. The second kappa shape index (κ2) is 9.43. The SMILES string of the molecule is N#CC1C(Cc2ccccc2)N(S(=O)(=O)c2cccs2)Cc2ccccc2N1Cc1cnc[nH]1. The van der Waals surface area contributed by atoms with E-state index >= 15 is 0 Å². The maximum absolute atomic E-state index is 13.9. The van der Waals surface area contributed by atoms with Gasteiger partial charge in [-0.15, -0.1) is 11.3 Å². The van der Waals surface area contributed by atoms with Crippen molar-refractivity contribution >= 4 is 27.0 Å². The molecule has 0 bridgehead atoms. The van der Waals surface area contributed by atoms with E-state index in [1.54, 1.807) is 30.0 Å². The van der Waals surface area contributed by atoms with Crippen molar-refractivity contribution in [1.29, 1.82) is 5.26 Å². The van der Waals surface area contributed by atoms with Crippen LogP contribution < -0.4 is 4.90 Å². The van der Waals surface area contributed by atoms with E-state index in [0.29, 0.717) is 13.0 Å². The molecule has 1 N–H and O–H groups in total. The maximum Gasteiger partial charge on any atom is 0.253 e. The van der Waals surface area contributed by atoms with E-state index in [2.05, 4.69) is 16.0 Å². The van der Waals surface area contributed by atoms with E-state index in [9.17, 15) is 13.7 Å². The molecule has 0 saturated carbocycles. The summed E-state index contributed by atoms with van der Waals surface area (Å²) in [4.78, 5) is 9.24. The van der Waals surface area contributed by atoms with Gasteiger partial charge in [0, 0.05) is 18.4 Å². The molecule has 0 aliphatic carbocycles. The molecule has 0 spiro atoms. The molecule has 1 aliphatic rings. The minimum atomic E-state index is -3.83. The van der Waals surface area contributed by atoms with E-state index in [0.717, 1.165) is 22.5 Å². The van der Waals surface area contributed by atoms with Gasteiger partial charge in [0.25, 0.3) is 10.0 Å². The third kappa shape index (κ3) is 4.23. The number of benzene rings is 2. The summed E-state index contributed by atoms with van der Waals surface area (Å²) < 4.78 is 29.6. The van der Waals surface area contributed by atoms with Crippen molar-refractivity contribution in [3.8, 4) is 6.07 Å². The molecule has 2 aromatic heterocycles. The zero-order valence-corrected chi connectivity index (χ0v) is 19.9. The van der Waals surface area contributed by atoms with Crippen LogP contribution >= 0.6 is 11.3 Å². The van der Waals surface area contributed by atoms with E-state index < -0.39 is 22.1 Å². The van der Waals surface area contributed by atoms with Crippen LogP contribution in [0.15, 0.2) is 88.8 Å². The molecule has 5 rings (SSSR count). The molecular formula is C25H23N5O2S2. The van der Waals surface area contributed by atoms with Crippen molar-refractivity contribution in [2.24, 2.45) is 0 Å². The molecule has 172 valence electrons. The normalized spacial score (nSPS) is 18.7. The highest BCUT2D eigenvalue weighted by atomic mass is 32.2. The van der Waals surface area contributed by atoms with Gasteiger partial charge in [-0.1, -0.05) is 54.6 Å². The summed E-state index contributed by atoms with van der Waals surface area (Å²) in [6.45, 7) is 0.596. The fourth-order valence-corrected chi connectivity index (χ4v) is 7.20. The number of imidazole rings is 1. The van der Waals surface area contributed by atoms with Gasteiger partial charge >= 0.3 is 0 Å². The molecule has 0 amide bonds. The van der Waals surface area contributed by atoms with Gasteiger partial charge in [-0.05, 0) is 35.1 Å². The van der Waals surface area contributed by atoms with Crippen molar-refractivity contribution in [2.45, 2.75) is 35.8 Å². The van der Waals surface area contributed by atoms with Crippen LogP contribution in [0.25, 0.3) is 0 Å². The third-order valence-corrected chi connectivity index (χ3v) is 9.31. The zero-order valence-electron chi connectivity index (χ0n) is 18.3. The Morgan fingerprint density at radius 2 is 1.88 bits per heavy atom. The summed E-state index contributed by atoms with van der Waals surface area (Å²) in [5.41, 5.74) is 3.54. The van der Waals surface area contributed by atoms with E-state index in [4.69, 9.17) is 0 Å². The third-order valence-electron chi connectivity index (χ3n) is 6.07. The Morgan fingerprint density at radius 3 is 2.59 bits per heavy atom. The number of anilines is 1. The Labute approximate surface area is 203 Å². The molecule has 2 unspecified atom stereocenters. The number of thiophene rings is 1. The number of aromatic amines is 1. The molecule has 34 heavy (non-hydrogen) atoms. The Bertz CT molecular complexity index is 1380. The Hall–Kier alpha value is -3.45. The first-order valence-corrected chi connectivity index (χ1v) is 13.2. The predicted octanol–water partition coefficient (Wildman–Crippen LogP) is 4.19. The quantitative estimate of drug-likeness (QED) is 0.438. The summed E-state index contributed by atoms with van der Waals surface area (Å²) in [7, 11) is -3.83. The van der Waals surface area contributed by atoms with Crippen LogP contribution in [-0.2, 0) is 29.5 Å². The predicted molar refractivity (Wildman–Crippen MR) is 132 cm³/mol. The van der Waals surface area contributed by atoms with Crippen LogP contribution in [0.2, 0.25) is 0 Å². The molecule has 0 saturated heterocycles. The lowest BCUT2D eigenvalue weighted by molar-refractivity contribution is 0.295. The molecule has 9 heteroatoms. The average molecular weight is 490 g/mol. The molecule has 2 atom stereocenters. The van der Waals surface area contributed by atoms with Crippen LogP contribution in [0.1, 0.15) is 16.8 Å². The van der Waals surface area contributed by atoms with Gasteiger partial charge < -0.3 is 9.88 Å². The first kappa shape index (κ1) is 22.3. The Morgan fingerprint density at radius 1 is 1.09 bits per heavy atom. The molecular weight excluding hydrogens is 466 g/mol. The highest BCUT2D eigenvalue weighted by Crippen LogP contribution is 2.36. The van der Waals surface area contributed by atoms with Crippen LogP contribution in [0.5, 0.6) is 0 Å². The number of nitriles is 1. The van der Waals surface area contributed by atoms with Gasteiger partial charge in [0.1, 0.15) is 10.3 Å². The molecule has 3 heterocycles. The van der Waals surface area contributed by atoms with Gasteiger partial charge in [0.2, 0.25) is 0 Å². The molecule has 1 aliphatic heterocycles. The first-order chi connectivity index (χ1) is 16.6. The monoisotopic (exact) mass is 489 g/mol. The number of rotatable bonds is 6. The van der Waals surface area contributed by atoms with Gasteiger partial charge in [0.05, 0.1) is 30.7 Å². The summed E-state index contributed by atoms with van der Waals surface area (Å²) >= 11 is 1.19. The Balaban J connectivity index is 1.67. The Kier molecular flexibility index (Phi) is 6.20. The molecule has 2 aromatic carbocycles. The number of hydrogen-bond donors (Lipinski definition) is 1. The second-order valence-corrected chi connectivity index (χ2v) is 11.2. The van der Waals surface area contributed by atoms with Crippen molar-refractivity contribution < 1.29 is 8.42 Å². The number of fused-ring (bicyclic) bond motifs is 1. The number of para-hydroxylation sites is 1. The number of sulfonamides is 1. The van der Waals surface area contributed by atoms with Crippen LogP contribution in [0, 0.1) is 11.3 Å². The summed E-state index contributed by atoms with van der Waals surface area (Å²) in [5.74, 6) is 0. The summed E-state index contributed by atoms with van der Waals surface area (Å²) in [6.07, 6.45) is 3.75. The first-order valence-electron chi connectivity index (χ1n) is 10.9. The molecule has 7 nitrogen and oxygen atoms in total. The fourth-order valence-electron chi connectivity index (χ4n) is 4.48. The number of aromatic nitrogens is 2. The maximum atomic E-state index is 13.9. The number of nitrogens with zero attached hydrogens (tertiary/aromatic N) is 4. The molecule has 4 aromatic rings. The number of H-pyrrole nitrogens is 1. The molecule has 0 fully saturated rings. The highest BCUT2D eigenvalue weighted by molar-refractivity contribution is 7.91. The van der Waals surface area contributed by atoms with Gasteiger partial charge in [0.15, 0.2) is 0 Å². The number of hydrogen-bond acceptors (Lipinski definition) is 6. The largest absolute Gasteiger partial charge is 0.348 e. The smallest absolute Gasteiger partial charge is 0.253 e.